The molecule has 0 atom stereocenters. The summed E-state index contributed by atoms with van der Waals surface area (Å²) in [6.45, 7) is 1.58. The van der Waals surface area contributed by atoms with E-state index in [0.717, 1.165) is 36.6 Å². The Morgan fingerprint density at radius 2 is 1.96 bits per heavy atom. The van der Waals surface area contributed by atoms with Gasteiger partial charge in [-0.2, -0.15) is 0 Å². The number of hydrogen-bond acceptors (Lipinski definition) is 4. The van der Waals surface area contributed by atoms with Crippen LogP contribution in [-0.2, 0) is 24.2 Å². The van der Waals surface area contributed by atoms with E-state index in [1.807, 2.05) is 23.1 Å². The number of amides is 1. The minimum Gasteiger partial charge on any atom is -0.497 e. The molecule has 1 aliphatic rings. The van der Waals surface area contributed by atoms with Crippen LogP contribution in [-0.4, -0.2) is 31.6 Å². The minimum atomic E-state index is 0.212. The van der Waals surface area contributed by atoms with E-state index < -0.39 is 0 Å². The summed E-state index contributed by atoms with van der Waals surface area (Å²) in [4.78, 5) is 15.9. The van der Waals surface area contributed by atoms with Gasteiger partial charge in [-0.1, -0.05) is 0 Å². The molecule has 0 spiro atoms. The third kappa shape index (κ3) is 3.67. The molecule has 0 saturated carbocycles. The quantitative estimate of drug-likeness (QED) is 0.844. The number of carbonyl (C=O) groups excluding carboxylic acids is 1. The third-order valence-electron chi connectivity index (χ3n) is 4.20. The normalized spacial score (nSPS) is 13.6. The number of aryl methyl sites for hydroxylation is 1. The van der Waals surface area contributed by atoms with E-state index in [9.17, 15) is 4.79 Å². The van der Waals surface area contributed by atoms with Crippen molar-refractivity contribution in [2.45, 2.75) is 25.8 Å². The highest BCUT2D eigenvalue weighted by Gasteiger charge is 2.21. The van der Waals surface area contributed by atoms with Crippen molar-refractivity contribution in [2.24, 2.45) is 0 Å². The highest BCUT2D eigenvalue weighted by Crippen LogP contribution is 2.26. The standard InChI is InChI=1S/C18H21NO3S/c1-21-15-9-13(10-16(11-15)22-2)3-4-18(20)19-7-5-17-14(12-19)6-8-23-17/h6,8-11H,3-5,7,12H2,1-2H3. The van der Waals surface area contributed by atoms with Gasteiger partial charge in [0.2, 0.25) is 5.91 Å². The van der Waals surface area contributed by atoms with Crippen LogP contribution in [0, 0.1) is 0 Å². The molecular formula is C18H21NO3S. The molecule has 0 N–H and O–H groups in total. The van der Waals surface area contributed by atoms with Gasteiger partial charge in [0.15, 0.2) is 0 Å². The summed E-state index contributed by atoms with van der Waals surface area (Å²) < 4.78 is 10.6. The molecule has 4 nitrogen and oxygen atoms in total. The molecule has 1 aromatic heterocycles. The summed E-state index contributed by atoms with van der Waals surface area (Å²) in [6.07, 6.45) is 2.18. The van der Waals surface area contributed by atoms with E-state index >= 15 is 0 Å². The second-order valence-corrected chi connectivity index (χ2v) is 6.66. The van der Waals surface area contributed by atoms with E-state index in [0.29, 0.717) is 12.8 Å². The maximum Gasteiger partial charge on any atom is 0.223 e. The number of hydrogen-bond donors (Lipinski definition) is 0. The molecule has 0 saturated heterocycles. The SMILES string of the molecule is COc1cc(CCC(=O)N2CCc3sccc3C2)cc(OC)c1. The second-order valence-electron chi connectivity index (χ2n) is 5.66. The van der Waals surface area contributed by atoms with Gasteiger partial charge in [0.25, 0.3) is 0 Å². The Morgan fingerprint density at radius 1 is 1.22 bits per heavy atom. The summed E-state index contributed by atoms with van der Waals surface area (Å²) in [5.41, 5.74) is 2.36. The highest BCUT2D eigenvalue weighted by molar-refractivity contribution is 7.10. The van der Waals surface area contributed by atoms with Crippen molar-refractivity contribution >= 4 is 17.2 Å². The average Bonchev–Trinajstić information content (AvgIpc) is 3.06. The first-order chi connectivity index (χ1) is 11.2. The van der Waals surface area contributed by atoms with Crippen molar-refractivity contribution in [3.63, 3.8) is 0 Å². The number of nitrogens with zero attached hydrogens (tertiary/aromatic N) is 1. The third-order valence-corrected chi connectivity index (χ3v) is 5.22. The van der Waals surface area contributed by atoms with Crippen molar-refractivity contribution in [1.29, 1.82) is 0 Å². The van der Waals surface area contributed by atoms with Gasteiger partial charge in [-0.3, -0.25) is 4.79 Å². The molecule has 122 valence electrons. The van der Waals surface area contributed by atoms with Crippen LogP contribution in [0.3, 0.4) is 0 Å². The number of rotatable bonds is 5. The van der Waals surface area contributed by atoms with Gasteiger partial charge in [-0.25, -0.2) is 0 Å². The van der Waals surface area contributed by atoms with E-state index in [1.54, 1.807) is 25.6 Å². The molecule has 5 heteroatoms. The van der Waals surface area contributed by atoms with Crippen molar-refractivity contribution in [3.05, 3.63) is 45.6 Å². The molecule has 0 bridgehead atoms. The fourth-order valence-corrected chi connectivity index (χ4v) is 3.77. The first-order valence-corrected chi connectivity index (χ1v) is 8.62. The lowest BCUT2D eigenvalue weighted by Gasteiger charge is -2.27. The average molecular weight is 331 g/mol. The first kappa shape index (κ1) is 15.9. The van der Waals surface area contributed by atoms with Gasteiger partial charge in [0.1, 0.15) is 11.5 Å². The summed E-state index contributed by atoms with van der Waals surface area (Å²) in [5.74, 6) is 1.73. The van der Waals surface area contributed by atoms with E-state index in [2.05, 4.69) is 11.4 Å². The zero-order valence-electron chi connectivity index (χ0n) is 13.5. The Kier molecular flexibility index (Phi) is 4.86. The van der Waals surface area contributed by atoms with Crippen LogP contribution < -0.4 is 9.47 Å². The Balaban J connectivity index is 1.61. The molecule has 2 heterocycles. The van der Waals surface area contributed by atoms with Crippen molar-refractivity contribution in [2.75, 3.05) is 20.8 Å². The zero-order valence-corrected chi connectivity index (χ0v) is 14.3. The predicted octanol–water partition coefficient (Wildman–Crippen LogP) is 3.28. The second kappa shape index (κ2) is 7.04. The lowest BCUT2D eigenvalue weighted by molar-refractivity contribution is -0.132. The van der Waals surface area contributed by atoms with Crippen molar-refractivity contribution < 1.29 is 14.3 Å². The van der Waals surface area contributed by atoms with Crippen LogP contribution >= 0.6 is 11.3 Å². The number of thiophene rings is 1. The Morgan fingerprint density at radius 3 is 2.65 bits per heavy atom. The molecule has 3 rings (SSSR count). The first-order valence-electron chi connectivity index (χ1n) is 7.74. The topological polar surface area (TPSA) is 38.8 Å². The van der Waals surface area contributed by atoms with Crippen LogP contribution in [0.5, 0.6) is 11.5 Å². The Bertz CT molecular complexity index is 673. The zero-order chi connectivity index (χ0) is 16.2. The van der Waals surface area contributed by atoms with Gasteiger partial charge in [0, 0.05) is 30.5 Å². The predicted molar refractivity (Wildman–Crippen MR) is 91.3 cm³/mol. The van der Waals surface area contributed by atoms with Crippen molar-refractivity contribution in [3.8, 4) is 11.5 Å². The number of benzene rings is 1. The highest BCUT2D eigenvalue weighted by atomic mass is 32.1. The molecule has 0 radical (unpaired) electrons. The molecule has 0 unspecified atom stereocenters. The summed E-state index contributed by atoms with van der Waals surface area (Å²) >= 11 is 1.79. The maximum atomic E-state index is 12.5. The van der Waals surface area contributed by atoms with Gasteiger partial charge < -0.3 is 14.4 Å². The molecule has 0 aliphatic carbocycles. The van der Waals surface area contributed by atoms with Crippen LogP contribution in [0.4, 0.5) is 0 Å². The molecule has 23 heavy (non-hydrogen) atoms. The van der Waals surface area contributed by atoms with Gasteiger partial charge >= 0.3 is 0 Å². The van der Waals surface area contributed by atoms with Gasteiger partial charge in [-0.15, -0.1) is 11.3 Å². The smallest absolute Gasteiger partial charge is 0.223 e. The number of fused-ring (bicyclic) bond motifs is 1. The summed E-state index contributed by atoms with van der Waals surface area (Å²) in [5, 5.41) is 2.11. The fourth-order valence-electron chi connectivity index (χ4n) is 2.88. The van der Waals surface area contributed by atoms with Gasteiger partial charge in [0.05, 0.1) is 14.2 Å². The summed E-state index contributed by atoms with van der Waals surface area (Å²) in [6, 6.07) is 7.90. The number of carbonyl (C=O) groups is 1. The number of methoxy groups -OCH3 is 2. The van der Waals surface area contributed by atoms with Gasteiger partial charge in [-0.05, 0) is 47.5 Å². The fraction of sp³-hybridized carbons (Fsp3) is 0.389. The number of ether oxygens (including phenoxy) is 2. The molecule has 0 fully saturated rings. The Hall–Kier alpha value is -2.01. The van der Waals surface area contributed by atoms with E-state index in [1.165, 1.54) is 10.4 Å². The lowest BCUT2D eigenvalue weighted by Crippen LogP contribution is -2.35. The van der Waals surface area contributed by atoms with Crippen LogP contribution in [0.1, 0.15) is 22.4 Å². The van der Waals surface area contributed by atoms with Crippen molar-refractivity contribution in [1.82, 2.24) is 4.90 Å². The molecule has 1 amide bonds. The molecule has 1 aliphatic heterocycles. The Labute approximate surface area is 140 Å². The van der Waals surface area contributed by atoms with Crippen LogP contribution in [0.2, 0.25) is 0 Å². The molecular weight excluding hydrogens is 310 g/mol. The largest absolute Gasteiger partial charge is 0.497 e. The lowest BCUT2D eigenvalue weighted by atomic mass is 10.1. The maximum absolute atomic E-state index is 12.5. The monoisotopic (exact) mass is 331 g/mol. The summed E-state index contributed by atoms with van der Waals surface area (Å²) in [7, 11) is 3.27. The van der Waals surface area contributed by atoms with E-state index in [4.69, 9.17) is 9.47 Å². The minimum absolute atomic E-state index is 0.212. The molecule has 1 aromatic carbocycles. The van der Waals surface area contributed by atoms with Crippen LogP contribution in [0.25, 0.3) is 0 Å². The molecule has 2 aromatic rings. The van der Waals surface area contributed by atoms with Crippen LogP contribution in [0.15, 0.2) is 29.6 Å². The van der Waals surface area contributed by atoms with E-state index in [-0.39, 0.29) is 5.91 Å².